The van der Waals surface area contributed by atoms with Crippen LogP contribution in [0.3, 0.4) is 0 Å². The van der Waals surface area contributed by atoms with E-state index >= 15 is 0 Å². The third-order valence-corrected chi connectivity index (χ3v) is 4.70. The molecule has 0 saturated carbocycles. The van der Waals surface area contributed by atoms with E-state index in [1.54, 1.807) is 11.3 Å². The molecule has 4 rings (SSSR count). The van der Waals surface area contributed by atoms with Crippen LogP contribution in [0.25, 0.3) is 21.6 Å². The van der Waals surface area contributed by atoms with E-state index in [2.05, 4.69) is 31.7 Å². The summed E-state index contributed by atoms with van der Waals surface area (Å²) in [5.74, 6) is 0. The molecule has 3 aromatic heterocycles. The fourth-order valence-corrected chi connectivity index (χ4v) is 3.52. The van der Waals surface area contributed by atoms with Crippen molar-refractivity contribution in [3.63, 3.8) is 0 Å². The number of thiazole rings is 1. The Hall–Kier alpha value is -1.92. The first kappa shape index (κ1) is 12.8. The highest BCUT2D eigenvalue weighted by Crippen LogP contribution is 2.35. The maximum absolute atomic E-state index is 4.51. The highest BCUT2D eigenvalue weighted by Gasteiger charge is 2.18. The van der Waals surface area contributed by atoms with Crippen molar-refractivity contribution in [2.75, 3.05) is 18.4 Å². The van der Waals surface area contributed by atoms with Crippen LogP contribution in [0, 0.1) is 0 Å². The fourth-order valence-electron chi connectivity index (χ4n) is 2.86. The maximum Gasteiger partial charge on any atom is 0.139 e. The minimum atomic E-state index is 0.456. The lowest BCUT2D eigenvalue weighted by Crippen LogP contribution is -2.38. The average molecular weight is 299 g/mol. The second kappa shape index (κ2) is 5.46. The van der Waals surface area contributed by atoms with Gasteiger partial charge in [0.05, 0.1) is 11.3 Å². The van der Waals surface area contributed by atoms with E-state index in [0.29, 0.717) is 6.04 Å². The number of aromatic nitrogens is 3. The molecule has 1 aliphatic heterocycles. The molecule has 3 aromatic rings. The quantitative estimate of drug-likeness (QED) is 0.696. The molecule has 3 N–H and O–H groups in total. The summed E-state index contributed by atoms with van der Waals surface area (Å²) in [7, 11) is 0. The zero-order valence-corrected chi connectivity index (χ0v) is 12.4. The van der Waals surface area contributed by atoms with Gasteiger partial charge in [0.15, 0.2) is 0 Å². The molecule has 0 aliphatic carbocycles. The molecule has 0 radical (unpaired) electrons. The van der Waals surface area contributed by atoms with Crippen LogP contribution in [-0.2, 0) is 0 Å². The molecular weight excluding hydrogens is 282 g/mol. The van der Waals surface area contributed by atoms with Crippen molar-refractivity contribution in [1.82, 2.24) is 20.3 Å². The Morgan fingerprint density at radius 2 is 2.33 bits per heavy atom. The first-order chi connectivity index (χ1) is 10.4. The number of anilines is 1. The smallest absolute Gasteiger partial charge is 0.139 e. The van der Waals surface area contributed by atoms with Crippen molar-refractivity contribution in [1.29, 1.82) is 0 Å². The Kier molecular flexibility index (Phi) is 3.33. The molecule has 0 spiro atoms. The number of hydrogen-bond acceptors (Lipinski definition) is 5. The molecule has 21 heavy (non-hydrogen) atoms. The van der Waals surface area contributed by atoms with Crippen LogP contribution in [0.5, 0.6) is 0 Å². The number of H-pyrrole nitrogens is 1. The average Bonchev–Trinajstić information content (AvgIpc) is 3.20. The summed E-state index contributed by atoms with van der Waals surface area (Å²) in [6.07, 6.45) is 8.10. The molecule has 5 nitrogen and oxygen atoms in total. The Morgan fingerprint density at radius 1 is 1.33 bits per heavy atom. The lowest BCUT2D eigenvalue weighted by atomic mass is 10.1. The summed E-state index contributed by atoms with van der Waals surface area (Å²) < 4.78 is 0. The maximum atomic E-state index is 4.51. The van der Waals surface area contributed by atoms with Crippen LogP contribution >= 0.6 is 11.3 Å². The zero-order valence-electron chi connectivity index (χ0n) is 11.6. The van der Waals surface area contributed by atoms with E-state index in [9.17, 15) is 0 Å². The third kappa shape index (κ3) is 2.41. The van der Waals surface area contributed by atoms with Crippen LogP contribution in [0.1, 0.15) is 12.8 Å². The van der Waals surface area contributed by atoms with Crippen LogP contribution in [-0.4, -0.2) is 34.1 Å². The van der Waals surface area contributed by atoms with Gasteiger partial charge in [0.2, 0.25) is 0 Å². The molecule has 4 heterocycles. The molecule has 1 fully saturated rings. The number of nitrogens with one attached hydrogen (secondary N) is 3. The number of piperidine rings is 1. The van der Waals surface area contributed by atoms with E-state index < -0.39 is 0 Å². The molecule has 6 heteroatoms. The molecular formula is C15H17N5S. The third-order valence-electron chi connectivity index (χ3n) is 3.89. The van der Waals surface area contributed by atoms with Gasteiger partial charge >= 0.3 is 0 Å². The highest BCUT2D eigenvalue weighted by atomic mass is 32.1. The molecule has 0 aromatic carbocycles. The van der Waals surface area contributed by atoms with Crippen LogP contribution in [0.15, 0.2) is 30.0 Å². The standard InChI is InChI=1S/C15H17N5S/c1-2-10(8-16-4-1)20-13-11-3-5-17-14(11)19-9-12(13)15-18-6-7-21-15/h3,5-7,9-10,16H,1-2,4,8H2,(H2,17,19,20)/t10-/m1/s1. The van der Waals surface area contributed by atoms with Crippen molar-refractivity contribution < 1.29 is 0 Å². The lowest BCUT2D eigenvalue weighted by molar-refractivity contribution is 0.480. The molecule has 0 bridgehead atoms. The molecule has 108 valence electrons. The lowest BCUT2D eigenvalue weighted by Gasteiger charge is -2.26. The van der Waals surface area contributed by atoms with Gasteiger partial charge in [-0.05, 0) is 25.5 Å². The highest BCUT2D eigenvalue weighted by molar-refractivity contribution is 7.13. The molecule has 0 unspecified atom stereocenters. The van der Waals surface area contributed by atoms with Gasteiger partial charge in [-0.25, -0.2) is 9.97 Å². The van der Waals surface area contributed by atoms with Crippen molar-refractivity contribution in [2.45, 2.75) is 18.9 Å². The Balaban J connectivity index is 1.79. The summed E-state index contributed by atoms with van der Waals surface area (Å²) in [6.45, 7) is 2.12. The van der Waals surface area contributed by atoms with Gasteiger partial charge in [0, 0.05) is 41.9 Å². The van der Waals surface area contributed by atoms with E-state index in [4.69, 9.17) is 0 Å². The molecule has 1 saturated heterocycles. The first-order valence-corrected chi connectivity index (χ1v) is 8.13. The van der Waals surface area contributed by atoms with Crippen LogP contribution in [0.4, 0.5) is 5.69 Å². The summed E-state index contributed by atoms with van der Waals surface area (Å²) in [5.41, 5.74) is 3.15. The van der Waals surface area contributed by atoms with E-state index in [0.717, 1.165) is 40.4 Å². The summed E-state index contributed by atoms with van der Waals surface area (Å²) in [5, 5.41) is 11.3. The predicted octanol–water partition coefficient (Wildman–Crippen LogP) is 2.85. The van der Waals surface area contributed by atoms with Gasteiger partial charge in [0.1, 0.15) is 10.7 Å². The minimum Gasteiger partial charge on any atom is -0.380 e. The largest absolute Gasteiger partial charge is 0.380 e. The number of aromatic amines is 1. The van der Waals surface area contributed by atoms with E-state index in [1.165, 1.54) is 12.8 Å². The monoisotopic (exact) mass is 299 g/mol. The zero-order chi connectivity index (χ0) is 14.1. The van der Waals surface area contributed by atoms with Crippen molar-refractivity contribution >= 4 is 28.1 Å². The molecule has 1 atom stereocenters. The summed E-state index contributed by atoms with van der Waals surface area (Å²) in [6, 6.07) is 2.54. The van der Waals surface area contributed by atoms with Crippen molar-refractivity contribution in [3.05, 3.63) is 30.0 Å². The Bertz CT molecular complexity index is 728. The van der Waals surface area contributed by atoms with Crippen LogP contribution in [0.2, 0.25) is 0 Å². The minimum absolute atomic E-state index is 0.456. The SMILES string of the molecule is c1csc(-c2cnc3[nH]ccc3c2N[C@@H]2CCCNC2)n1. The van der Waals surface area contributed by atoms with Gasteiger partial charge in [0.25, 0.3) is 0 Å². The van der Waals surface area contributed by atoms with Gasteiger partial charge in [-0.2, -0.15) is 0 Å². The van der Waals surface area contributed by atoms with Gasteiger partial charge in [-0.1, -0.05) is 0 Å². The first-order valence-electron chi connectivity index (χ1n) is 7.25. The summed E-state index contributed by atoms with van der Waals surface area (Å²) >= 11 is 1.65. The topological polar surface area (TPSA) is 65.6 Å². The summed E-state index contributed by atoms with van der Waals surface area (Å²) in [4.78, 5) is 12.1. The number of pyridine rings is 1. The second-order valence-electron chi connectivity index (χ2n) is 5.31. The predicted molar refractivity (Wildman–Crippen MR) is 86.7 cm³/mol. The van der Waals surface area contributed by atoms with Crippen LogP contribution < -0.4 is 10.6 Å². The number of rotatable bonds is 3. The molecule has 0 amide bonds. The van der Waals surface area contributed by atoms with E-state index in [1.807, 2.05) is 24.0 Å². The normalized spacial score (nSPS) is 19.0. The van der Waals surface area contributed by atoms with Gasteiger partial charge in [-0.15, -0.1) is 11.3 Å². The number of fused-ring (bicyclic) bond motifs is 1. The number of nitrogens with zero attached hydrogens (tertiary/aromatic N) is 2. The Labute approximate surface area is 126 Å². The van der Waals surface area contributed by atoms with Gasteiger partial charge in [-0.3, -0.25) is 0 Å². The van der Waals surface area contributed by atoms with Gasteiger partial charge < -0.3 is 15.6 Å². The van der Waals surface area contributed by atoms with Crippen molar-refractivity contribution in [2.24, 2.45) is 0 Å². The molecule has 1 aliphatic rings. The number of hydrogen-bond donors (Lipinski definition) is 3. The Morgan fingerprint density at radius 3 is 3.14 bits per heavy atom. The fraction of sp³-hybridized carbons (Fsp3) is 0.333. The van der Waals surface area contributed by atoms with Crippen molar-refractivity contribution in [3.8, 4) is 10.6 Å². The second-order valence-corrected chi connectivity index (χ2v) is 6.21. The van der Waals surface area contributed by atoms with E-state index in [-0.39, 0.29) is 0 Å².